The molecule has 0 radical (unpaired) electrons. The Morgan fingerprint density at radius 1 is 1.38 bits per heavy atom. The first-order chi connectivity index (χ1) is 12.4. The number of cyclic esters (lactones) is 1. The summed E-state index contributed by atoms with van der Waals surface area (Å²) in [5.41, 5.74) is 5.93. The van der Waals surface area contributed by atoms with E-state index in [9.17, 15) is 14.4 Å². The van der Waals surface area contributed by atoms with Crippen molar-refractivity contribution in [3.05, 3.63) is 0 Å². The van der Waals surface area contributed by atoms with Crippen LogP contribution in [0.25, 0.3) is 0 Å². The summed E-state index contributed by atoms with van der Waals surface area (Å²) in [6, 6.07) is -0.832. The third kappa shape index (κ3) is 6.29. The number of esters is 2. The SMILES string of the molecule is CCCCCOC[C@H]1C[C@@](C/C(C)=N\NC(N)=O)(C(=O)OCC)C(=O)O1. The van der Waals surface area contributed by atoms with Crippen LogP contribution in [0.2, 0.25) is 0 Å². The van der Waals surface area contributed by atoms with E-state index in [4.69, 9.17) is 19.9 Å². The van der Waals surface area contributed by atoms with E-state index in [2.05, 4.69) is 17.5 Å². The summed E-state index contributed by atoms with van der Waals surface area (Å²) in [4.78, 5) is 35.7. The van der Waals surface area contributed by atoms with Gasteiger partial charge in [0.25, 0.3) is 0 Å². The third-order valence-corrected chi connectivity index (χ3v) is 4.02. The predicted octanol–water partition coefficient (Wildman–Crippen LogP) is 1.49. The minimum Gasteiger partial charge on any atom is -0.465 e. The van der Waals surface area contributed by atoms with Gasteiger partial charge in [0, 0.05) is 25.2 Å². The van der Waals surface area contributed by atoms with Gasteiger partial charge >= 0.3 is 18.0 Å². The molecule has 2 atom stereocenters. The second-order valence-electron chi connectivity index (χ2n) is 6.32. The maximum Gasteiger partial charge on any atom is 0.332 e. The number of ether oxygens (including phenoxy) is 3. The number of nitrogens with one attached hydrogen (secondary N) is 1. The highest BCUT2D eigenvalue weighted by atomic mass is 16.6. The maximum absolute atomic E-state index is 12.5. The average molecular weight is 371 g/mol. The fraction of sp³-hybridized carbons (Fsp3) is 0.765. The van der Waals surface area contributed by atoms with Gasteiger partial charge < -0.3 is 19.9 Å². The molecule has 9 nitrogen and oxygen atoms in total. The molecule has 26 heavy (non-hydrogen) atoms. The van der Waals surface area contributed by atoms with E-state index < -0.39 is 29.5 Å². The predicted molar refractivity (Wildman–Crippen MR) is 94.4 cm³/mol. The van der Waals surface area contributed by atoms with Crippen LogP contribution in [0.1, 0.15) is 52.9 Å². The highest BCUT2D eigenvalue weighted by molar-refractivity contribution is 6.05. The molecular weight excluding hydrogens is 342 g/mol. The van der Waals surface area contributed by atoms with Crippen molar-refractivity contribution in [2.24, 2.45) is 16.3 Å². The molecule has 0 aromatic carbocycles. The molecule has 148 valence electrons. The van der Waals surface area contributed by atoms with Crippen LogP contribution in [-0.4, -0.2) is 49.6 Å². The molecule has 0 spiro atoms. The lowest BCUT2D eigenvalue weighted by molar-refractivity contribution is -0.164. The van der Waals surface area contributed by atoms with E-state index in [1.54, 1.807) is 13.8 Å². The lowest BCUT2D eigenvalue weighted by Gasteiger charge is -2.22. The van der Waals surface area contributed by atoms with Crippen molar-refractivity contribution in [3.63, 3.8) is 0 Å². The number of amides is 2. The van der Waals surface area contributed by atoms with Crippen molar-refractivity contribution < 1.29 is 28.6 Å². The summed E-state index contributed by atoms with van der Waals surface area (Å²) in [7, 11) is 0. The third-order valence-electron chi connectivity index (χ3n) is 4.02. The first kappa shape index (κ1) is 21.9. The highest BCUT2D eigenvalue weighted by Gasteiger charge is 2.56. The van der Waals surface area contributed by atoms with Crippen LogP contribution in [0.3, 0.4) is 0 Å². The van der Waals surface area contributed by atoms with Crippen LogP contribution in [0, 0.1) is 5.41 Å². The lowest BCUT2D eigenvalue weighted by atomic mass is 9.80. The Morgan fingerprint density at radius 3 is 2.73 bits per heavy atom. The molecule has 1 heterocycles. The van der Waals surface area contributed by atoms with E-state index in [1.165, 1.54) is 0 Å². The minimum atomic E-state index is -1.49. The number of rotatable bonds is 11. The lowest BCUT2D eigenvalue weighted by Crippen LogP contribution is -2.39. The Bertz CT molecular complexity index is 537. The molecule has 1 rings (SSSR count). The van der Waals surface area contributed by atoms with E-state index in [1.807, 2.05) is 0 Å². The zero-order valence-corrected chi connectivity index (χ0v) is 15.7. The fourth-order valence-corrected chi connectivity index (χ4v) is 2.82. The summed E-state index contributed by atoms with van der Waals surface area (Å²) in [5.74, 6) is -1.32. The second kappa shape index (κ2) is 10.7. The molecule has 0 aliphatic carbocycles. The number of carbonyl (C=O) groups is 3. The Hall–Kier alpha value is -2.16. The fourth-order valence-electron chi connectivity index (χ4n) is 2.82. The molecule has 0 unspecified atom stereocenters. The number of nitrogens with zero attached hydrogens (tertiary/aromatic N) is 1. The Morgan fingerprint density at radius 2 is 2.12 bits per heavy atom. The molecule has 0 saturated carbocycles. The Kier molecular flexibility index (Phi) is 9.04. The van der Waals surface area contributed by atoms with Gasteiger partial charge in [0.2, 0.25) is 0 Å². The van der Waals surface area contributed by atoms with Crippen LogP contribution in [0.15, 0.2) is 5.10 Å². The van der Waals surface area contributed by atoms with Gasteiger partial charge in [-0.2, -0.15) is 5.10 Å². The van der Waals surface area contributed by atoms with Gasteiger partial charge in [-0.3, -0.25) is 9.59 Å². The number of primary amides is 1. The van der Waals surface area contributed by atoms with Crippen LogP contribution in [-0.2, 0) is 23.8 Å². The molecule has 3 N–H and O–H groups in total. The zero-order chi connectivity index (χ0) is 19.6. The van der Waals surface area contributed by atoms with Crippen molar-refractivity contribution >= 4 is 23.7 Å². The molecule has 0 bridgehead atoms. The number of urea groups is 1. The zero-order valence-electron chi connectivity index (χ0n) is 15.7. The van der Waals surface area contributed by atoms with Gasteiger partial charge in [-0.1, -0.05) is 19.8 Å². The molecule has 1 aliphatic heterocycles. The summed E-state index contributed by atoms with van der Waals surface area (Å²) in [5, 5.41) is 3.78. The molecule has 1 aliphatic rings. The van der Waals surface area contributed by atoms with Gasteiger partial charge in [0.05, 0.1) is 13.2 Å². The van der Waals surface area contributed by atoms with Crippen molar-refractivity contribution in [3.8, 4) is 0 Å². The van der Waals surface area contributed by atoms with Crippen molar-refractivity contribution in [2.45, 2.75) is 59.0 Å². The van der Waals surface area contributed by atoms with Gasteiger partial charge in [0.15, 0.2) is 5.41 Å². The first-order valence-electron chi connectivity index (χ1n) is 8.90. The van der Waals surface area contributed by atoms with Crippen molar-refractivity contribution in [2.75, 3.05) is 19.8 Å². The van der Waals surface area contributed by atoms with Gasteiger partial charge in [-0.05, 0) is 20.3 Å². The minimum absolute atomic E-state index is 0.0305. The highest BCUT2D eigenvalue weighted by Crippen LogP contribution is 2.39. The molecule has 0 aromatic heterocycles. The van der Waals surface area contributed by atoms with E-state index in [0.717, 1.165) is 19.3 Å². The number of unbranched alkanes of at least 4 members (excludes halogenated alkanes) is 2. The number of nitrogens with two attached hydrogens (primary N) is 1. The van der Waals surface area contributed by atoms with Crippen LogP contribution in [0.4, 0.5) is 4.79 Å². The number of hydrazone groups is 1. The van der Waals surface area contributed by atoms with Gasteiger partial charge in [-0.25, -0.2) is 10.2 Å². The van der Waals surface area contributed by atoms with Crippen LogP contribution >= 0.6 is 0 Å². The van der Waals surface area contributed by atoms with Gasteiger partial charge in [0.1, 0.15) is 6.10 Å². The number of carbonyl (C=O) groups excluding carboxylic acids is 3. The summed E-state index contributed by atoms with van der Waals surface area (Å²) >= 11 is 0. The maximum atomic E-state index is 12.5. The topological polar surface area (TPSA) is 129 Å². The molecule has 2 amide bonds. The van der Waals surface area contributed by atoms with Crippen LogP contribution in [0.5, 0.6) is 0 Å². The first-order valence-corrected chi connectivity index (χ1v) is 8.90. The Balaban J connectivity index is 2.79. The standard InChI is InChI=1S/C17H29N3O6/c1-4-6-7-8-24-11-13-10-17(15(22)26-13,14(21)25-5-2)9-12(3)19-20-16(18)23/h13H,4-11H2,1-3H3,(H3,18,20,23)/b19-12-/t13-,17+/m1/s1. The molecular formula is C17H29N3O6. The normalized spacial score (nSPS) is 22.8. The molecule has 0 aromatic rings. The van der Waals surface area contributed by atoms with E-state index in [0.29, 0.717) is 12.3 Å². The quantitative estimate of drug-likeness (QED) is 0.186. The van der Waals surface area contributed by atoms with Gasteiger partial charge in [-0.15, -0.1) is 0 Å². The summed E-state index contributed by atoms with van der Waals surface area (Å²) in [6.45, 7) is 6.30. The summed E-state index contributed by atoms with van der Waals surface area (Å²) in [6.07, 6.45) is 2.68. The van der Waals surface area contributed by atoms with E-state index in [-0.39, 0.29) is 26.1 Å². The largest absolute Gasteiger partial charge is 0.465 e. The Labute approximate surface area is 153 Å². The average Bonchev–Trinajstić information content (AvgIpc) is 2.89. The number of hydrogen-bond donors (Lipinski definition) is 2. The smallest absolute Gasteiger partial charge is 0.332 e. The summed E-state index contributed by atoms with van der Waals surface area (Å²) < 4.78 is 16.0. The molecule has 1 saturated heterocycles. The second-order valence-corrected chi connectivity index (χ2v) is 6.32. The monoisotopic (exact) mass is 371 g/mol. The number of hydrogen-bond acceptors (Lipinski definition) is 7. The van der Waals surface area contributed by atoms with Crippen molar-refractivity contribution in [1.82, 2.24) is 5.43 Å². The van der Waals surface area contributed by atoms with Crippen LogP contribution < -0.4 is 11.2 Å². The van der Waals surface area contributed by atoms with E-state index >= 15 is 0 Å². The molecule has 9 heteroatoms. The molecule has 1 fully saturated rings. The van der Waals surface area contributed by atoms with Crippen molar-refractivity contribution in [1.29, 1.82) is 0 Å².